The molecule has 25 heavy (non-hydrogen) atoms. The lowest BCUT2D eigenvalue weighted by Gasteiger charge is -2.30. The van der Waals surface area contributed by atoms with E-state index in [1.54, 1.807) is 17.0 Å². The summed E-state index contributed by atoms with van der Waals surface area (Å²) in [7, 11) is 0. The Kier molecular flexibility index (Phi) is 5.78. The minimum absolute atomic E-state index is 0.0596. The third-order valence-electron chi connectivity index (χ3n) is 3.89. The van der Waals surface area contributed by atoms with Crippen molar-refractivity contribution < 1.29 is 19.1 Å². The van der Waals surface area contributed by atoms with E-state index in [-0.39, 0.29) is 12.3 Å². The number of benzene rings is 1. The van der Waals surface area contributed by atoms with E-state index in [0.29, 0.717) is 37.6 Å². The van der Waals surface area contributed by atoms with Crippen LogP contribution in [0.2, 0.25) is 0 Å². The van der Waals surface area contributed by atoms with E-state index in [0.717, 1.165) is 5.01 Å². The second kappa shape index (κ2) is 8.22. The molecule has 1 aliphatic rings. The van der Waals surface area contributed by atoms with Crippen molar-refractivity contribution in [1.82, 2.24) is 9.88 Å². The van der Waals surface area contributed by atoms with Crippen molar-refractivity contribution in [2.45, 2.75) is 19.4 Å². The first kappa shape index (κ1) is 17.6. The summed E-state index contributed by atoms with van der Waals surface area (Å²) in [6, 6.07) is 9.10. The SMILES string of the molecule is Cc1nc(CC(=O)OC(C(=O)N2CCOCC2)c2ccccc2)cs1. The van der Waals surface area contributed by atoms with E-state index in [4.69, 9.17) is 9.47 Å². The predicted molar refractivity (Wildman–Crippen MR) is 93.2 cm³/mol. The summed E-state index contributed by atoms with van der Waals surface area (Å²) in [4.78, 5) is 31.2. The Morgan fingerprint density at radius 1 is 1.28 bits per heavy atom. The van der Waals surface area contributed by atoms with Crippen molar-refractivity contribution in [2.24, 2.45) is 0 Å². The van der Waals surface area contributed by atoms with Gasteiger partial charge in [0.15, 0.2) is 0 Å². The second-order valence-corrected chi connectivity index (χ2v) is 6.82. The van der Waals surface area contributed by atoms with Gasteiger partial charge in [0.25, 0.3) is 5.91 Å². The number of amides is 1. The van der Waals surface area contributed by atoms with Gasteiger partial charge in [0.1, 0.15) is 0 Å². The van der Waals surface area contributed by atoms with Crippen LogP contribution in [0.3, 0.4) is 0 Å². The maximum atomic E-state index is 12.9. The molecule has 1 fully saturated rings. The highest BCUT2D eigenvalue weighted by molar-refractivity contribution is 7.09. The highest BCUT2D eigenvalue weighted by Crippen LogP contribution is 2.22. The molecule has 1 unspecified atom stereocenters. The Labute approximate surface area is 150 Å². The molecular weight excluding hydrogens is 340 g/mol. The fourth-order valence-corrected chi connectivity index (χ4v) is 3.26. The number of thiazole rings is 1. The third kappa shape index (κ3) is 4.64. The largest absolute Gasteiger partial charge is 0.447 e. The molecule has 132 valence electrons. The normalized spacial score (nSPS) is 15.6. The van der Waals surface area contributed by atoms with E-state index in [1.807, 2.05) is 30.5 Å². The van der Waals surface area contributed by atoms with Crippen LogP contribution in [0.4, 0.5) is 0 Å². The van der Waals surface area contributed by atoms with Gasteiger partial charge in [-0.25, -0.2) is 4.98 Å². The molecule has 2 aromatic rings. The van der Waals surface area contributed by atoms with Gasteiger partial charge in [-0.3, -0.25) is 9.59 Å². The fourth-order valence-electron chi connectivity index (χ4n) is 2.65. The number of aromatic nitrogens is 1. The Morgan fingerprint density at radius 3 is 2.64 bits per heavy atom. The summed E-state index contributed by atoms with van der Waals surface area (Å²) in [5.74, 6) is -0.668. The average Bonchev–Trinajstić information content (AvgIpc) is 3.05. The number of hydrogen-bond donors (Lipinski definition) is 0. The van der Waals surface area contributed by atoms with Crippen LogP contribution in [0.15, 0.2) is 35.7 Å². The first-order chi connectivity index (χ1) is 12.1. The standard InChI is InChI=1S/C18H20N2O4S/c1-13-19-15(12-25-13)11-16(21)24-17(14-5-3-2-4-6-14)18(22)20-7-9-23-10-8-20/h2-6,12,17H,7-11H2,1H3. The Morgan fingerprint density at radius 2 is 2.00 bits per heavy atom. The lowest BCUT2D eigenvalue weighted by atomic mass is 10.1. The van der Waals surface area contributed by atoms with Crippen LogP contribution in [0.5, 0.6) is 0 Å². The second-order valence-electron chi connectivity index (χ2n) is 5.75. The summed E-state index contributed by atoms with van der Waals surface area (Å²) >= 11 is 1.48. The molecule has 0 radical (unpaired) electrons. The molecule has 1 atom stereocenters. The van der Waals surface area contributed by atoms with Crippen LogP contribution < -0.4 is 0 Å². The summed E-state index contributed by atoms with van der Waals surface area (Å²) < 4.78 is 10.8. The number of morpholine rings is 1. The van der Waals surface area contributed by atoms with E-state index in [1.165, 1.54) is 11.3 Å². The molecule has 7 heteroatoms. The first-order valence-electron chi connectivity index (χ1n) is 8.15. The molecule has 6 nitrogen and oxygen atoms in total. The van der Waals surface area contributed by atoms with Crippen LogP contribution >= 0.6 is 11.3 Å². The van der Waals surface area contributed by atoms with Gasteiger partial charge < -0.3 is 14.4 Å². The molecule has 1 aromatic heterocycles. The van der Waals surface area contributed by atoms with Crippen molar-refractivity contribution in [3.63, 3.8) is 0 Å². The van der Waals surface area contributed by atoms with Crippen LogP contribution in [-0.4, -0.2) is 48.1 Å². The van der Waals surface area contributed by atoms with Crippen LogP contribution in [-0.2, 0) is 25.5 Å². The predicted octanol–water partition coefficient (Wildman–Crippen LogP) is 2.14. The van der Waals surface area contributed by atoms with E-state index in [9.17, 15) is 9.59 Å². The molecule has 0 N–H and O–H groups in total. The number of rotatable bonds is 5. The maximum Gasteiger partial charge on any atom is 0.313 e. The number of aryl methyl sites for hydroxylation is 1. The first-order valence-corrected chi connectivity index (χ1v) is 9.03. The molecule has 1 amide bonds. The highest BCUT2D eigenvalue weighted by atomic mass is 32.1. The van der Waals surface area contributed by atoms with Crippen LogP contribution in [0, 0.1) is 6.92 Å². The van der Waals surface area contributed by atoms with E-state index >= 15 is 0 Å². The zero-order valence-electron chi connectivity index (χ0n) is 14.0. The van der Waals surface area contributed by atoms with Gasteiger partial charge in [-0.1, -0.05) is 30.3 Å². The minimum Gasteiger partial charge on any atom is -0.447 e. The van der Waals surface area contributed by atoms with Gasteiger partial charge in [-0.2, -0.15) is 0 Å². The van der Waals surface area contributed by atoms with Crippen molar-refractivity contribution >= 4 is 23.2 Å². The van der Waals surface area contributed by atoms with Crippen molar-refractivity contribution in [3.8, 4) is 0 Å². The van der Waals surface area contributed by atoms with Gasteiger partial charge in [0.05, 0.1) is 30.3 Å². The minimum atomic E-state index is -0.938. The smallest absolute Gasteiger partial charge is 0.313 e. The third-order valence-corrected chi connectivity index (χ3v) is 4.71. The number of ether oxygens (including phenoxy) is 2. The molecule has 0 saturated carbocycles. The highest BCUT2D eigenvalue weighted by Gasteiger charge is 2.30. The van der Waals surface area contributed by atoms with E-state index in [2.05, 4.69) is 4.98 Å². The maximum absolute atomic E-state index is 12.9. The molecule has 1 saturated heterocycles. The summed E-state index contributed by atoms with van der Waals surface area (Å²) in [6.07, 6.45) is -0.879. The number of hydrogen-bond acceptors (Lipinski definition) is 6. The van der Waals surface area contributed by atoms with E-state index < -0.39 is 12.1 Å². The molecule has 1 aromatic carbocycles. The zero-order chi connectivity index (χ0) is 17.6. The number of esters is 1. The van der Waals surface area contributed by atoms with Crippen LogP contribution in [0.1, 0.15) is 22.4 Å². The van der Waals surface area contributed by atoms with Gasteiger partial charge >= 0.3 is 5.97 Å². The van der Waals surface area contributed by atoms with Gasteiger partial charge in [0, 0.05) is 24.0 Å². The van der Waals surface area contributed by atoms with Gasteiger partial charge in [-0.15, -0.1) is 11.3 Å². The molecule has 0 spiro atoms. The van der Waals surface area contributed by atoms with Crippen LogP contribution in [0.25, 0.3) is 0 Å². The van der Waals surface area contributed by atoms with Crippen molar-refractivity contribution in [1.29, 1.82) is 0 Å². The lowest BCUT2D eigenvalue weighted by Crippen LogP contribution is -2.44. The molecule has 0 aliphatic carbocycles. The number of carbonyl (C=O) groups is 2. The zero-order valence-corrected chi connectivity index (χ0v) is 14.8. The molecular formula is C18H20N2O4S. The Balaban J connectivity index is 1.74. The Bertz CT molecular complexity index is 726. The average molecular weight is 360 g/mol. The Hall–Kier alpha value is -2.25. The molecule has 0 bridgehead atoms. The lowest BCUT2D eigenvalue weighted by molar-refractivity contribution is -0.162. The summed E-state index contributed by atoms with van der Waals surface area (Å²) in [5.41, 5.74) is 1.33. The topological polar surface area (TPSA) is 68.7 Å². The summed E-state index contributed by atoms with van der Waals surface area (Å²) in [6.45, 7) is 3.89. The van der Waals surface area contributed by atoms with Gasteiger partial charge in [-0.05, 0) is 6.92 Å². The molecule has 3 rings (SSSR count). The monoisotopic (exact) mass is 360 g/mol. The number of nitrogens with zero attached hydrogens (tertiary/aromatic N) is 2. The number of carbonyl (C=O) groups excluding carboxylic acids is 2. The fraction of sp³-hybridized carbons (Fsp3) is 0.389. The summed E-state index contributed by atoms with van der Waals surface area (Å²) in [5, 5.41) is 2.73. The quantitative estimate of drug-likeness (QED) is 0.764. The molecule has 1 aliphatic heterocycles. The molecule has 2 heterocycles. The van der Waals surface area contributed by atoms with Gasteiger partial charge in [0.2, 0.25) is 6.10 Å². The van der Waals surface area contributed by atoms with Crippen molar-refractivity contribution in [2.75, 3.05) is 26.3 Å². The van der Waals surface area contributed by atoms with Crippen molar-refractivity contribution in [3.05, 3.63) is 52.0 Å².